The van der Waals surface area contributed by atoms with Crippen LogP contribution in [0.4, 0.5) is 14.9 Å². The van der Waals surface area contributed by atoms with Crippen LogP contribution in [0.15, 0.2) is 29.6 Å². The highest BCUT2D eigenvalue weighted by atomic mass is 32.1. The van der Waals surface area contributed by atoms with Crippen LogP contribution in [0, 0.1) is 0 Å². The van der Waals surface area contributed by atoms with Crippen molar-refractivity contribution in [2.24, 2.45) is 0 Å². The average Bonchev–Trinajstić information content (AvgIpc) is 3.23. The quantitative estimate of drug-likeness (QED) is 0.764. The molecule has 5 nitrogen and oxygen atoms in total. The summed E-state index contributed by atoms with van der Waals surface area (Å²) in [5, 5.41) is 6.50. The molecular formula is C23H33FN4OS. The van der Waals surface area contributed by atoms with Gasteiger partial charge < -0.3 is 15.1 Å². The zero-order chi connectivity index (χ0) is 21.1. The van der Waals surface area contributed by atoms with E-state index in [0.717, 1.165) is 45.6 Å². The van der Waals surface area contributed by atoms with Crippen molar-refractivity contribution in [3.8, 4) is 0 Å². The fourth-order valence-corrected chi connectivity index (χ4v) is 5.47. The molecule has 7 heteroatoms. The van der Waals surface area contributed by atoms with Crippen LogP contribution in [0.2, 0.25) is 0 Å². The standard InChI is InChI=1S/C23H33FN4OS/c1-26(2)22(29)25-18-6-9-23(24,10-7-18)11-12-27-13-15-28(16-14-27)20-4-3-5-21-19(20)8-17-30-21/h3-5,8,17-18H,6-7,9-16H2,1-2H3,(H,25,29)/t18-,23+. The van der Waals surface area contributed by atoms with Crippen molar-refractivity contribution < 1.29 is 9.18 Å². The molecule has 2 aromatic rings. The minimum atomic E-state index is -1.08. The summed E-state index contributed by atoms with van der Waals surface area (Å²) in [5.74, 6) is 0. The molecule has 1 aliphatic heterocycles. The summed E-state index contributed by atoms with van der Waals surface area (Å²) in [4.78, 5) is 18.2. The van der Waals surface area contributed by atoms with E-state index >= 15 is 4.39 Å². The average molecular weight is 433 g/mol. The highest BCUT2D eigenvalue weighted by Crippen LogP contribution is 2.35. The van der Waals surface area contributed by atoms with Crippen molar-refractivity contribution in [3.63, 3.8) is 0 Å². The minimum Gasteiger partial charge on any atom is -0.368 e. The Bertz CT molecular complexity index is 854. The van der Waals surface area contributed by atoms with E-state index in [2.05, 4.69) is 44.8 Å². The van der Waals surface area contributed by atoms with Gasteiger partial charge in [-0.05, 0) is 55.7 Å². The smallest absolute Gasteiger partial charge is 0.317 e. The van der Waals surface area contributed by atoms with E-state index in [0.29, 0.717) is 19.3 Å². The van der Waals surface area contributed by atoms with E-state index in [-0.39, 0.29) is 12.1 Å². The monoisotopic (exact) mass is 432 g/mol. The largest absolute Gasteiger partial charge is 0.368 e. The van der Waals surface area contributed by atoms with E-state index in [9.17, 15) is 4.79 Å². The van der Waals surface area contributed by atoms with Gasteiger partial charge in [0.2, 0.25) is 0 Å². The van der Waals surface area contributed by atoms with Gasteiger partial charge in [0.05, 0.1) is 0 Å². The second-order valence-corrected chi connectivity index (χ2v) is 9.91. The normalized spacial score (nSPS) is 25.4. The highest BCUT2D eigenvalue weighted by molar-refractivity contribution is 7.17. The van der Waals surface area contributed by atoms with Crippen LogP contribution in [-0.4, -0.2) is 74.4 Å². The van der Waals surface area contributed by atoms with Crippen LogP contribution in [0.25, 0.3) is 10.1 Å². The molecule has 2 aliphatic rings. The lowest BCUT2D eigenvalue weighted by molar-refractivity contribution is 0.0681. The Kier molecular flexibility index (Phi) is 6.48. The number of carbonyl (C=O) groups excluding carboxylic acids is 1. The van der Waals surface area contributed by atoms with Gasteiger partial charge in [0.25, 0.3) is 0 Å². The summed E-state index contributed by atoms with van der Waals surface area (Å²) < 4.78 is 16.7. The fourth-order valence-electron chi connectivity index (χ4n) is 4.66. The number of anilines is 1. The molecular weight excluding hydrogens is 399 g/mol. The van der Waals surface area contributed by atoms with Gasteiger partial charge in [0, 0.05) is 68.6 Å². The number of benzene rings is 1. The molecule has 1 saturated heterocycles. The molecule has 0 unspecified atom stereocenters. The van der Waals surface area contributed by atoms with Crippen molar-refractivity contribution in [2.45, 2.75) is 43.8 Å². The summed E-state index contributed by atoms with van der Waals surface area (Å²) in [5.41, 5.74) is 0.243. The van der Waals surface area contributed by atoms with Gasteiger partial charge in [-0.3, -0.25) is 4.90 Å². The molecule has 4 rings (SSSR count). The van der Waals surface area contributed by atoms with E-state index in [1.165, 1.54) is 20.7 Å². The number of nitrogens with one attached hydrogen (secondary N) is 1. The summed E-state index contributed by atoms with van der Waals surface area (Å²) in [6, 6.07) is 8.78. The van der Waals surface area contributed by atoms with Gasteiger partial charge in [-0.1, -0.05) is 6.07 Å². The van der Waals surface area contributed by atoms with Crippen molar-refractivity contribution in [1.29, 1.82) is 0 Å². The molecule has 2 fully saturated rings. The van der Waals surface area contributed by atoms with Crippen molar-refractivity contribution in [1.82, 2.24) is 15.1 Å². The molecule has 1 N–H and O–H groups in total. The first-order chi connectivity index (χ1) is 14.4. The number of halogens is 1. The lowest BCUT2D eigenvalue weighted by Crippen LogP contribution is -2.49. The number of fused-ring (bicyclic) bond motifs is 1. The lowest BCUT2D eigenvalue weighted by Gasteiger charge is -2.39. The topological polar surface area (TPSA) is 38.8 Å². The van der Waals surface area contributed by atoms with E-state index in [1.807, 2.05) is 0 Å². The first-order valence-electron chi connectivity index (χ1n) is 11.0. The molecule has 0 atom stereocenters. The Balaban J connectivity index is 1.22. The Morgan fingerprint density at radius 2 is 1.93 bits per heavy atom. The molecule has 2 amide bonds. The van der Waals surface area contributed by atoms with Crippen molar-refractivity contribution >= 4 is 33.1 Å². The Hall–Kier alpha value is -1.86. The number of alkyl halides is 1. The van der Waals surface area contributed by atoms with Crippen LogP contribution in [-0.2, 0) is 0 Å². The number of piperazine rings is 1. The zero-order valence-corrected chi connectivity index (χ0v) is 18.9. The zero-order valence-electron chi connectivity index (χ0n) is 18.1. The molecule has 0 bridgehead atoms. The van der Waals surface area contributed by atoms with Crippen LogP contribution < -0.4 is 10.2 Å². The number of nitrogens with zero attached hydrogens (tertiary/aromatic N) is 3. The van der Waals surface area contributed by atoms with Gasteiger partial charge in [-0.25, -0.2) is 9.18 Å². The molecule has 0 spiro atoms. The Morgan fingerprint density at radius 1 is 1.20 bits per heavy atom. The molecule has 1 aliphatic carbocycles. The van der Waals surface area contributed by atoms with Gasteiger partial charge in [0.1, 0.15) is 5.67 Å². The maximum Gasteiger partial charge on any atom is 0.317 e. The number of hydrogen-bond donors (Lipinski definition) is 1. The van der Waals surface area contributed by atoms with E-state index < -0.39 is 5.67 Å². The summed E-state index contributed by atoms with van der Waals surface area (Å²) in [6.45, 7) is 4.78. The first kappa shape index (κ1) is 21.4. The third-order valence-corrected chi connectivity index (χ3v) is 7.56. The number of thiophene rings is 1. The van der Waals surface area contributed by atoms with Crippen molar-refractivity contribution in [3.05, 3.63) is 29.6 Å². The maximum absolute atomic E-state index is 15.3. The highest BCUT2D eigenvalue weighted by Gasteiger charge is 2.36. The van der Waals surface area contributed by atoms with Gasteiger partial charge in [0.15, 0.2) is 0 Å². The molecule has 30 heavy (non-hydrogen) atoms. The predicted molar refractivity (Wildman–Crippen MR) is 123 cm³/mol. The SMILES string of the molecule is CN(C)C(=O)N[C@H]1CC[C@](F)(CCN2CCN(c3cccc4sccc34)CC2)CC1. The molecule has 164 valence electrons. The predicted octanol–water partition coefficient (Wildman–Crippen LogP) is 4.34. The fraction of sp³-hybridized carbons (Fsp3) is 0.609. The van der Waals surface area contributed by atoms with Crippen molar-refractivity contribution in [2.75, 3.05) is 51.7 Å². The number of carbonyl (C=O) groups is 1. The van der Waals surface area contributed by atoms with Gasteiger partial charge in [-0.15, -0.1) is 11.3 Å². The minimum absolute atomic E-state index is 0.0811. The lowest BCUT2D eigenvalue weighted by atomic mass is 9.81. The van der Waals surface area contributed by atoms with Gasteiger partial charge in [-0.2, -0.15) is 0 Å². The summed E-state index contributed by atoms with van der Waals surface area (Å²) in [6.07, 6.45) is 3.15. The Morgan fingerprint density at radius 3 is 2.63 bits per heavy atom. The first-order valence-corrected chi connectivity index (χ1v) is 11.9. The molecule has 2 heterocycles. The third-order valence-electron chi connectivity index (χ3n) is 6.68. The van der Waals surface area contributed by atoms with Crippen LogP contribution in [0.1, 0.15) is 32.1 Å². The number of amides is 2. The molecule has 1 saturated carbocycles. The molecule has 1 aromatic heterocycles. The number of rotatable bonds is 5. The maximum atomic E-state index is 15.3. The van der Waals surface area contributed by atoms with E-state index in [4.69, 9.17) is 0 Å². The van der Waals surface area contributed by atoms with Gasteiger partial charge >= 0.3 is 6.03 Å². The number of urea groups is 1. The van der Waals surface area contributed by atoms with Crippen LogP contribution in [0.3, 0.4) is 0 Å². The van der Waals surface area contributed by atoms with Crippen LogP contribution in [0.5, 0.6) is 0 Å². The van der Waals surface area contributed by atoms with E-state index in [1.54, 1.807) is 25.4 Å². The summed E-state index contributed by atoms with van der Waals surface area (Å²) in [7, 11) is 3.47. The Labute approximate surface area is 182 Å². The summed E-state index contributed by atoms with van der Waals surface area (Å²) >= 11 is 1.79. The third kappa shape index (κ3) is 4.89. The molecule has 1 aromatic carbocycles. The second kappa shape index (κ2) is 9.10. The van der Waals surface area contributed by atoms with Crippen LogP contribution >= 0.6 is 11.3 Å². The second-order valence-electron chi connectivity index (χ2n) is 8.96. The molecule has 0 radical (unpaired) electrons. The number of hydrogen-bond acceptors (Lipinski definition) is 4.